The summed E-state index contributed by atoms with van der Waals surface area (Å²) in [4.78, 5) is 17.2. The third kappa shape index (κ3) is 4.61. The number of nitrogens with zero attached hydrogens (tertiary/aromatic N) is 2. The van der Waals surface area contributed by atoms with Crippen LogP contribution in [-0.4, -0.2) is 66.2 Å². The molecule has 1 amide bonds. The van der Waals surface area contributed by atoms with Gasteiger partial charge in [0.25, 0.3) is 5.91 Å². The molecule has 2 atom stereocenters. The number of benzene rings is 1. The van der Waals surface area contributed by atoms with Crippen molar-refractivity contribution in [3.63, 3.8) is 0 Å². The van der Waals surface area contributed by atoms with Gasteiger partial charge in [0.1, 0.15) is 17.4 Å². The summed E-state index contributed by atoms with van der Waals surface area (Å²) in [6.45, 7) is 11.6. The van der Waals surface area contributed by atoms with Gasteiger partial charge in [0, 0.05) is 43.7 Å². The molecule has 0 aliphatic carbocycles. The van der Waals surface area contributed by atoms with E-state index in [1.54, 1.807) is 17.0 Å². The van der Waals surface area contributed by atoms with E-state index in [1.807, 2.05) is 19.9 Å². The molecule has 2 aromatic rings. The number of hydrogen-bond acceptors (Lipinski definition) is 5. The molecule has 3 heterocycles. The molecule has 2 unspecified atom stereocenters. The standard InChI is InChI=1S/C23H31ClN2O4/c1-14(2)25-7-5-18(6-8-25)29-21-9-17-10-22(30-20(17)11-19(21)24)23(27)26-12-15(3)28-16(4)13-26/h9-11,14-16,18H,5-8,12-13H2,1-4H3. The van der Waals surface area contributed by atoms with E-state index in [1.165, 1.54) is 0 Å². The van der Waals surface area contributed by atoms with Crippen LogP contribution >= 0.6 is 11.6 Å². The van der Waals surface area contributed by atoms with Crippen molar-refractivity contribution in [2.45, 2.75) is 64.9 Å². The zero-order chi connectivity index (χ0) is 21.4. The maximum absolute atomic E-state index is 12.9. The summed E-state index contributed by atoms with van der Waals surface area (Å²) >= 11 is 6.47. The highest BCUT2D eigenvalue weighted by Crippen LogP contribution is 2.34. The third-order valence-corrected chi connectivity index (χ3v) is 6.28. The Morgan fingerprint density at radius 2 is 1.80 bits per heavy atom. The fraction of sp³-hybridized carbons (Fsp3) is 0.609. The molecule has 164 valence electrons. The predicted octanol–water partition coefficient (Wildman–Crippen LogP) is 4.59. The average Bonchev–Trinajstić information content (AvgIpc) is 3.10. The largest absolute Gasteiger partial charge is 0.489 e. The zero-order valence-electron chi connectivity index (χ0n) is 18.2. The number of morpholine rings is 1. The normalized spacial score (nSPS) is 24.0. The fourth-order valence-corrected chi connectivity index (χ4v) is 4.62. The van der Waals surface area contributed by atoms with Gasteiger partial charge in [-0.25, -0.2) is 0 Å². The van der Waals surface area contributed by atoms with Crippen LogP contribution in [0.5, 0.6) is 5.75 Å². The molecule has 4 rings (SSSR count). The highest BCUT2D eigenvalue weighted by molar-refractivity contribution is 6.32. The minimum Gasteiger partial charge on any atom is -0.489 e. The van der Waals surface area contributed by atoms with Crippen molar-refractivity contribution >= 4 is 28.5 Å². The molecule has 2 aliphatic heterocycles. The maximum atomic E-state index is 12.9. The van der Waals surface area contributed by atoms with E-state index in [9.17, 15) is 4.79 Å². The Labute approximate surface area is 183 Å². The number of carbonyl (C=O) groups is 1. The summed E-state index contributed by atoms with van der Waals surface area (Å²) in [5.74, 6) is 0.859. The summed E-state index contributed by atoms with van der Waals surface area (Å²) in [6, 6.07) is 5.98. The van der Waals surface area contributed by atoms with Crippen LogP contribution in [0, 0.1) is 0 Å². The van der Waals surface area contributed by atoms with Crippen LogP contribution in [0.15, 0.2) is 22.6 Å². The van der Waals surface area contributed by atoms with Crippen molar-refractivity contribution in [3.05, 3.63) is 29.0 Å². The zero-order valence-corrected chi connectivity index (χ0v) is 18.9. The average molecular weight is 435 g/mol. The highest BCUT2D eigenvalue weighted by atomic mass is 35.5. The van der Waals surface area contributed by atoms with Crippen molar-refractivity contribution in [1.82, 2.24) is 9.80 Å². The van der Waals surface area contributed by atoms with Gasteiger partial charge in [-0.15, -0.1) is 0 Å². The Hall–Kier alpha value is -1.76. The van der Waals surface area contributed by atoms with E-state index >= 15 is 0 Å². The minimum atomic E-state index is -0.118. The third-order valence-electron chi connectivity index (χ3n) is 5.99. The van der Waals surface area contributed by atoms with E-state index < -0.39 is 0 Å². The number of hydrogen-bond donors (Lipinski definition) is 0. The lowest BCUT2D eigenvalue weighted by Crippen LogP contribution is -2.48. The smallest absolute Gasteiger partial charge is 0.289 e. The topological polar surface area (TPSA) is 55.2 Å². The molecular formula is C23H31ClN2O4. The number of halogens is 1. The van der Waals surface area contributed by atoms with E-state index in [2.05, 4.69) is 18.7 Å². The Bertz CT molecular complexity index is 894. The molecule has 30 heavy (non-hydrogen) atoms. The Kier molecular flexibility index (Phi) is 6.28. The quantitative estimate of drug-likeness (QED) is 0.704. The Morgan fingerprint density at radius 1 is 1.13 bits per heavy atom. The van der Waals surface area contributed by atoms with Gasteiger partial charge in [0.2, 0.25) is 0 Å². The summed E-state index contributed by atoms with van der Waals surface area (Å²) in [5, 5.41) is 1.34. The van der Waals surface area contributed by atoms with Crippen LogP contribution in [-0.2, 0) is 4.74 Å². The number of ether oxygens (including phenoxy) is 2. The lowest BCUT2D eigenvalue weighted by molar-refractivity contribution is -0.0591. The number of likely N-dealkylation sites (tertiary alicyclic amines) is 1. The molecule has 0 bridgehead atoms. The molecule has 0 saturated carbocycles. The van der Waals surface area contributed by atoms with E-state index in [-0.39, 0.29) is 24.2 Å². The molecule has 0 spiro atoms. The molecule has 2 saturated heterocycles. The van der Waals surface area contributed by atoms with Gasteiger partial charge in [-0.2, -0.15) is 0 Å². The summed E-state index contributed by atoms with van der Waals surface area (Å²) in [6.07, 6.45) is 2.14. The SMILES string of the molecule is CC1CN(C(=O)c2cc3cc(OC4CCN(C(C)C)CC4)c(Cl)cc3o2)CC(C)O1. The summed E-state index contributed by atoms with van der Waals surface area (Å²) < 4.78 is 17.8. The van der Waals surface area contributed by atoms with Crippen molar-refractivity contribution in [3.8, 4) is 5.75 Å². The van der Waals surface area contributed by atoms with Crippen LogP contribution in [0.1, 0.15) is 51.1 Å². The molecule has 1 aromatic heterocycles. The number of furan rings is 1. The van der Waals surface area contributed by atoms with Crippen molar-refractivity contribution in [1.29, 1.82) is 0 Å². The fourth-order valence-electron chi connectivity index (χ4n) is 4.43. The van der Waals surface area contributed by atoms with E-state index in [0.717, 1.165) is 31.3 Å². The Morgan fingerprint density at radius 3 is 2.43 bits per heavy atom. The second kappa shape index (κ2) is 8.77. The van der Waals surface area contributed by atoms with Crippen LogP contribution in [0.25, 0.3) is 11.0 Å². The molecule has 0 radical (unpaired) electrons. The molecular weight excluding hydrogens is 404 g/mol. The number of piperidine rings is 1. The first kappa shape index (κ1) is 21.5. The second-order valence-electron chi connectivity index (χ2n) is 8.85. The monoisotopic (exact) mass is 434 g/mol. The lowest BCUT2D eigenvalue weighted by atomic mass is 10.1. The maximum Gasteiger partial charge on any atom is 0.289 e. The van der Waals surface area contributed by atoms with Crippen LogP contribution in [0.4, 0.5) is 0 Å². The van der Waals surface area contributed by atoms with E-state index in [4.69, 9.17) is 25.5 Å². The number of fused-ring (bicyclic) bond motifs is 1. The van der Waals surface area contributed by atoms with Crippen molar-refractivity contribution in [2.24, 2.45) is 0 Å². The molecule has 1 aromatic carbocycles. The first-order valence-corrected chi connectivity index (χ1v) is 11.3. The molecule has 0 N–H and O–H groups in total. The van der Waals surface area contributed by atoms with Gasteiger partial charge in [0.15, 0.2) is 5.76 Å². The predicted molar refractivity (Wildman–Crippen MR) is 117 cm³/mol. The Balaban J connectivity index is 1.48. The molecule has 6 nitrogen and oxygen atoms in total. The molecule has 2 fully saturated rings. The summed E-state index contributed by atoms with van der Waals surface area (Å²) in [7, 11) is 0. The van der Waals surface area contributed by atoms with Crippen molar-refractivity contribution < 1.29 is 18.7 Å². The number of amides is 1. The van der Waals surface area contributed by atoms with Gasteiger partial charge in [-0.1, -0.05) is 11.6 Å². The van der Waals surface area contributed by atoms with Gasteiger partial charge >= 0.3 is 0 Å². The van der Waals surface area contributed by atoms with E-state index in [0.29, 0.717) is 41.2 Å². The lowest BCUT2D eigenvalue weighted by Gasteiger charge is -2.34. The van der Waals surface area contributed by atoms with Gasteiger partial charge < -0.3 is 23.7 Å². The second-order valence-corrected chi connectivity index (χ2v) is 9.25. The highest BCUT2D eigenvalue weighted by Gasteiger charge is 2.29. The van der Waals surface area contributed by atoms with Crippen molar-refractivity contribution in [2.75, 3.05) is 26.2 Å². The van der Waals surface area contributed by atoms with Crippen LogP contribution in [0.2, 0.25) is 5.02 Å². The number of carbonyl (C=O) groups excluding carboxylic acids is 1. The summed E-state index contributed by atoms with van der Waals surface area (Å²) in [5.41, 5.74) is 0.597. The first-order chi connectivity index (χ1) is 14.3. The van der Waals surface area contributed by atoms with Gasteiger partial charge in [0.05, 0.1) is 17.2 Å². The molecule has 7 heteroatoms. The number of rotatable bonds is 4. The first-order valence-electron chi connectivity index (χ1n) is 10.9. The minimum absolute atomic E-state index is 0.0126. The van der Waals surface area contributed by atoms with Gasteiger partial charge in [-0.3, -0.25) is 4.79 Å². The van der Waals surface area contributed by atoms with Crippen LogP contribution in [0.3, 0.4) is 0 Å². The van der Waals surface area contributed by atoms with Gasteiger partial charge in [-0.05, 0) is 52.7 Å². The van der Waals surface area contributed by atoms with Crippen LogP contribution < -0.4 is 4.74 Å². The molecule has 2 aliphatic rings.